The van der Waals surface area contributed by atoms with E-state index in [9.17, 15) is 0 Å². The first-order valence-corrected chi connectivity index (χ1v) is 8.67. The van der Waals surface area contributed by atoms with Crippen LogP contribution < -0.4 is 14.5 Å². The first kappa shape index (κ1) is 13.9. The number of benzene rings is 1. The fourth-order valence-electron chi connectivity index (χ4n) is 3.84. The number of hydrogen-bond acceptors (Lipinski definition) is 8. The van der Waals surface area contributed by atoms with Gasteiger partial charge in [-0.1, -0.05) is 0 Å². The molecule has 2 aliphatic rings. The number of rotatable bonds is 3. The zero-order valence-corrected chi connectivity index (χ0v) is 14.0. The quantitative estimate of drug-likeness (QED) is 0.722. The maximum Gasteiger partial charge on any atom is 0.198 e. The molecule has 2 fully saturated rings. The van der Waals surface area contributed by atoms with E-state index in [4.69, 9.17) is 4.74 Å². The van der Waals surface area contributed by atoms with E-state index in [-0.39, 0.29) is 0 Å². The van der Waals surface area contributed by atoms with Crippen LogP contribution in [0.5, 0.6) is 5.75 Å². The molecule has 2 aromatic heterocycles. The number of ether oxygens (including phenoxy) is 1. The topological polar surface area (TPSA) is 67.3 Å². The molecule has 2 atom stereocenters. The SMILES string of the molecule is COc1ccc(N2C[C@@H]3C[C@H]2CN3c2ncnc3nsnc23)cc1. The minimum absolute atomic E-state index is 0.455. The van der Waals surface area contributed by atoms with Crippen molar-refractivity contribution in [3.05, 3.63) is 30.6 Å². The Kier molecular flexibility index (Phi) is 3.05. The van der Waals surface area contributed by atoms with Gasteiger partial charge in [-0.2, -0.15) is 8.75 Å². The summed E-state index contributed by atoms with van der Waals surface area (Å²) in [6.07, 6.45) is 2.74. The summed E-state index contributed by atoms with van der Waals surface area (Å²) in [7, 11) is 1.69. The summed E-state index contributed by atoms with van der Waals surface area (Å²) in [6.45, 7) is 1.96. The third kappa shape index (κ3) is 2.02. The largest absolute Gasteiger partial charge is 0.497 e. The molecule has 24 heavy (non-hydrogen) atoms. The number of aromatic nitrogens is 4. The Labute approximate surface area is 143 Å². The highest BCUT2D eigenvalue weighted by molar-refractivity contribution is 7.00. The highest BCUT2D eigenvalue weighted by Gasteiger charge is 2.44. The van der Waals surface area contributed by atoms with Crippen molar-refractivity contribution in [2.45, 2.75) is 18.5 Å². The van der Waals surface area contributed by atoms with E-state index in [1.807, 2.05) is 12.1 Å². The maximum absolute atomic E-state index is 5.25. The third-order valence-electron chi connectivity index (χ3n) is 4.96. The molecule has 5 rings (SSSR count). The van der Waals surface area contributed by atoms with Crippen LogP contribution in [0.2, 0.25) is 0 Å². The summed E-state index contributed by atoms with van der Waals surface area (Å²) in [5.41, 5.74) is 2.77. The van der Waals surface area contributed by atoms with Crippen molar-refractivity contribution in [1.29, 1.82) is 0 Å². The van der Waals surface area contributed by atoms with Crippen LogP contribution in [0.25, 0.3) is 11.2 Å². The molecule has 0 amide bonds. The highest BCUT2D eigenvalue weighted by atomic mass is 32.1. The number of anilines is 2. The molecule has 0 N–H and O–H groups in total. The fraction of sp³-hybridized carbons (Fsp3) is 0.375. The molecule has 2 bridgehead atoms. The lowest BCUT2D eigenvalue weighted by Gasteiger charge is -2.36. The van der Waals surface area contributed by atoms with Gasteiger partial charge in [0.2, 0.25) is 0 Å². The van der Waals surface area contributed by atoms with Crippen molar-refractivity contribution in [3.8, 4) is 5.75 Å². The Hall–Kier alpha value is -2.48. The van der Waals surface area contributed by atoms with Crippen LogP contribution in [0.15, 0.2) is 30.6 Å². The van der Waals surface area contributed by atoms with Crippen molar-refractivity contribution in [1.82, 2.24) is 18.7 Å². The van der Waals surface area contributed by atoms with Crippen LogP contribution in [0.1, 0.15) is 6.42 Å². The van der Waals surface area contributed by atoms with Crippen molar-refractivity contribution in [2.24, 2.45) is 0 Å². The van der Waals surface area contributed by atoms with Gasteiger partial charge in [0.05, 0.1) is 24.9 Å². The molecule has 7 nitrogen and oxygen atoms in total. The van der Waals surface area contributed by atoms with E-state index in [1.165, 1.54) is 17.4 Å². The average Bonchev–Trinajstić information content (AvgIpc) is 3.36. The lowest BCUT2D eigenvalue weighted by Crippen LogP contribution is -2.47. The third-order valence-corrected chi connectivity index (χ3v) is 5.48. The van der Waals surface area contributed by atoms with Crippen LogP contribution in [0.4, 0.5) is 11.5 Å². The van der Waals surface area contributed by atoms with Gasteiger partial charge in [0.15, 0.2) is 17.0 Å². The molecule has 3 aromatic rings. The molecule has 0 radical (unpaired) electrons. The average molecular weight is 340 g/mol. The lowest BCUT2D eigenvalue weighted by molar-refractivity contribution is 0.415. The molecule has 2 aliphatic heterocycles. The predicted molar refractivity (Wildman–Crippen MR) is 92.9 cm³/mol. The number of methoxy groups -OCH3 is 1. The Bertz CT molecular complexity index is 882. The summed E-state index contributed by atoms with van der Waals surface area (Å²) < 4.78 is 13.9. The first-order chi connectivity index (χ1) is 11.8. The van der Waals surface area contributed by atoms with Crippen LogP contribution in [0, 0.1) is 0 Å². The van der Waals surface area contributed by atoms with Gasteiger partial charge in [-0.3, -0.25) is 0 Å². The normalized spacial score (nSPS) is 22.5. The maximum atomic E-state index is 5.25. The number of nitrogens with zero attached hydrogens (tertiary/aromatic N) is 6. The standard InChI is InChI=1S/C16H16N6OS/c1-23-13-4-2-10(3-5-13)21-7-12-6-11(21)8-22(12)16-14-15(17-9-18-16)20-24-19-14/h2-5,9,11-12H,6-8H2,1H3/t11-,12-/m0/s1. The fourth-order valence-corrected chi connectivity index (χ4v) is 4.33. The van der Waals surface area contributed by atoms with Gasteiger partial charge < -0.3 is 14.5 Å². The van der Waals surface area contributed by atoms with Gasteiger partial charge in [-0.15, -0.1) is 0 Å². The molecular formula is C16H16N6OS. The Morgan fingerprint density at radius 2 is 1.83 bits per heavy atom. The zero-order valence-electron chi connectivity index (χ0n) is 13.2. The molecule has 1 aromatic carbocycles. The van der Waals surface area contributed by atoms with Gasteiger partial charge in [0.25, 0.3) is 0 Å². The molecule has 8 heteroatoms. The van der Waals surface area contributed by atoms with Gasteiger partial charge in [-0.05, 0) is 30.7 Å². The minimum Gasteiger partial charge on any atom is -0.497 e. The second-order valence-corrected chi connectivity index (χ2v) is 6.71. The van der Waals surface area contributed by atoms with E-state index in [0.717, 1.165) is 36.6 Å². The second-order valence-electron chi connectivity index (χ2n) is 6.18. The van der Waals surface area contributed by atoms with Crippen LogP contribution in [-0.2, 0) is 0 Å². The first-order valence-electron chi connectivity index (χ1n) is 7.94. The molecule has 122 valence electrons. The second kappa shape index (κ2) is 5.27. The lowest BCUT2D eigenvalue weighted by atomic mass is 10.2. The highest BCUT2D eigenvalue weighted by Crippen LogP contribution is 2.38. The van der Waals surface area contributed by atoms with E-state index >= 15 is 0 Å². The van der Waals surface area contributed by atoms with E-state index in [2.05, 4.69) is 40.6 Å². The number of hydrogen-bond donors (Lipinski definition) is 0. The molecule has 0 aliphatic carbocycles. The van der Waals surface area contributed by atoms with Crippen molar-refractivity contribution in [3.63, 3.8) is 0 Å². The molecule has 4 heterocycles. The van der Waals surface area contributed by atoms with Crippen LogP contribution >= 0.6 is 11.7 Å². The summed E-state index contributed by atoms with van der Waals surface area (Å²) >= 11 is 1.20. The van der Waals surface area contributed by atoms with Gasteiger partial charge in [0.1, 0.15) is 12.1 Å². The molecule has 0 spiro atoms. The van der Waals surface area contributed by atoms with Crippen LogP contribution in [-0.4, -0.2) is 51.0 Å². The summed E-state index contributed by atoms with van der Waals surface area (Å²) in [6, 6.07) is 9.27. The van der Waals surface area contributed by atoms with Crippen molar-refractivity contribution in [2.75, 3.05) is 30.0 Å². The number of piperazine rings is 1. The smallest absolute Gasteiger partial charge is 0.198 e. The molecule has 2 saturated heterocycles. The summed E-state index contributed by atoms with van der Waals surface area (Å²) in [4.78, 5) is 13.5. The van der Waals surface area contributed by atoms with E-state index < -0.39 is 0 Å². The van der Waals surface area contributed by atoms with Gasteiger partial charge >= 0.3 is 0 Å². The van der Waals surface area contributed by atoms with Gasteiger partial charge in [-0.25, -0.2) is 9.97 Å². The van der Waals surface area contributed by atoms with Crippen molar-refractivity contribution < 1.29 is 4.74 Å². The zero-order chi connectivity index (χ0) is 16.1. The predicted octanol–water partition coefficient (Wildman–Crippen LogP) is 1.96. The van der Waals surface area contributed by atoms with Gasteiger partial charge in [0, 0.05) is 24.8 Å². The van der Waals surface area contributed by atoms with Crippen molar-refractivity contribution >= 4 is 34.4 Å². The Morgan fingerprint density at radius 3 is 2.58 bits per heavy atom. The van der Waals surface area contributed by atoms with Crippen LogP contribution in [0.3, 0.4) is 0 Å². The summed E-state index contributed by atoms with van der Waals surface area (Å²) in [5.74, 6) is 1.82. The Morgan fingerprint density at radius 1 is 1.04 bits per heavy atom. The molecule has 0 unspecified atom stereocenters. The molecular weight excluding hydrogens is 324 g/mol. The Balaban J connectivity index is 1.41. The summed E-state index contributed by atoms with van der Waals surface area (Å²) in [5, 5.41) is 0. The van der Waals surface area contributed by atoms with E-state index in [0.29, 0.717) is 17.7 Å². The molecule has 0 saturated carbocycles. The minimum atomic E-state index is 0.455. The van der Waals surface area contributed by atoms with E-state index in [1.54, 1.807) is 13.4 Å². The monoisotopic (exact) mass is 340 g/mol. The number of fused-ring (bicyclic) bond motifs is 3.